The Hall–Kier alpha value is -3.14. The number of nitrogens with zero attached hydrogens (tertiary/aromatic N) is 2. The molecule has 8 nitrogen and oxygen atoms in total. The SMILES string of the molecule is C=C(C)c1cc(OC)c(Nc2ncc(Cl)c(Nc3ccccc3S(=O)(=O)C(C)C)n2)cc1CCN. The van der Waals surface area contributed by atoms with Crippen LogP contribution in [0.5, 0.6) is 5.75 Å². The summed E-state index contributed by atoms with van der Waals surface area (Å²) in [6.45, 7) is 9.73. The average Bonchev–Trinajstić information content (AvgIpc) is 2.81. The van der Waals surface area contributed by atoms with Crippen LogP contribution in [0.3, 0.4) is 0 Å². The van der Waals surface area contributed by atoms with Crippen molar-refractivity contribution in [3.63, 3.8) is 0 Å². The second-order valence-corrected chi connectivity index (χ2v) is 11.1. The second-order valence-electron chi connectivity index (χ2n) is 8.26. The molecule has 0 aliphatic carbocycles. The summed E-state index contributed by atoms with van der Waals surface area (Å²) in [5.41, 5.74) is 9.72. The van der Waals surface area contributed by atoms with Crippen molar-refractivity contribution in [1.82, 2.24) is 9.97 Å². The number of benzene rings is 2. The Labute approximate surface area is 211 Å². The summed E-state index contributed by atoms with van der Waals surface area (Å²) in [4.78, 5) is 8.92. The molecule has 0 fully saturated rings. The molecule has 0 spiro atoms. The van der Waals surface area contributed by atoms with Crippen LogP contribution < -0.4 is 21.1 Å². The minimum Gasteiger partial charge on any atom is -0.495 e. The fraction of sp³-hybridized carbons (Fsp3) is 0.280. The van der Waals surface area contributed by atoms with Crippen LogP contribution in [0.1, 0.15) is 31.9 Å². The van der Waals surface area contributed by atoms with E-state index in [1.165, 1.54) is 6.20 Å². The zero-order valence-corrected chi connectivity index (χ0v) is 21.8. The summed E-state index contributed by atoms with van der Waals surface area (Å²) in [6, 6.07) is 10.5. The summed E-state index contributed by atoms with van der Waals surface area (Å²) in [7, 11) is -1.95. The number of halogens is 1. The lowest BCUT2D eigenvalue weighted by atomic mass is 9.98. The molecule has 3 rings (SSSR count). The molecule has 4 N–H and O–H groups in total. The number of ether oxygens (including phenoxy) is 1. The van der Waals surface area contributed by atoms with Crippen molar-refractivity contribution < 1.29 is 13.2 Å². The Morgan fingerprint density at radius 3 is 2.54 bits per heavy atom. The molecule has 0 atom stereocenters. The maximum Gasteiger partial charge on any atom is 0.229 e. The number of methoxy groups -OCH3 is 1. The molecule has 0 radical (unpaired) electrons. The third-order valence-electron chi connectivity index (χ3n) is 5.36. The van der Waals surface area contributed by atoms with Crippen molar-refractivity contribution in [2.75, 3.05) is 24.3 Å². The maximum atomic E-state index is 12.8. The van der Waals surface area contributed by atoms with Crippen LogP contribution in [-0.2, 0) is 16.3 Å². The number of nitrogens with two attached hydrogens (primary N) is 1. The number of rotatable bonds is 10. The lowest BCUT2D eigenvalue weighted by molar-refractivity contribution is 0.416. The normalized spacial score (nSPS) is 11.4. The monoisotopic (exact) mass is 515 g/mol. The van der Waals surface area contributed by atoms with Crippen molar-refractivity contribution in [3.8, 4) is 5.75 Å². The highest BCUT2D eigenvalue weighted by Crippen LogP contribution is 2.35. The molecule has 0 unspecified atom stereocenters. The van der Waals surface area contributed by atoms with Gasteiger partial charge in [-0.2, -0.15) is 4.98 Å². The fourth-order valence-corrected chi connectivity index (χ4v) is 4.83. The van der Waals surface area contributed by atoms with Crippen LogP contribution in [0.15, 0.2) is 54.1 Å². The Kier molecular flexibility index (Phi) is 8.37. The molecule has 2 aromatic carbocycles. The molecule has 1 aromatic heterocycles. The number of sulfone groups is 1. The Bertz CT molecular complexity index is 1340. The molecule has 3 aromatic rings. The van der Waals surface area contributed by atoms with Gasteiger partial charge in [0.25, 0.3) is 0 Å². The zero-order valence-electron chi connectivity index (χ0n) is 20.2. The summed E-state index contributed by atoms with van der Waals surface area (Å²) in [6.07, 6.45) is 2.10. The van der Waals surface area contributed by atoms with E-state index in [0.29, 0.717) is 30.1 Å². The molecule has 0 saturated heterocycles. The molecule has 0 aliphatic heterocycles. The summed E-state index contributed by atoms with van der Waals surface area (Å²) < 4.78 is 31.2. The van der Waals surface area contributed by atoms with E-state index in [-0.39, 0.29) is 21.7 Å². The minimum atomic E-state index is -3.53. The summed E-state index contributed by atoms with van der Waals surface area (Å²) in [5, 5.41) is 5.88. The van der Waals surface area contributed by atoms with Gasteiger partial charge in [-0.05, 0) is 69.1 Å². The van der Waals surface area contributed by atoms with Crippen molar-refractivity contribution >= 4 is 50.2 Å². The molecule has 10 heteroatoms. The third kappa shape index (κ3) is 5.93. The van der Waals surface area contributed by atoms with E-state index in [0.717, 1.165) is 16.7 Å². The molecule has 0 saturated carbocycles. The van der Waals surface area contributed by atoms with Crippen LogP contribution in [0, 0.1) is 0 Å². The molecule has 35 heavy (non-hydrogen) atoms. The van der Waals surface area contributed by atoms with Gasteiger partial charge in [-0.25, -0.2) is 13.4 Å². The van der Waals surface area contributed by atoms with Crippen LogP contribution in [0.25, 0.3) is 5.57 Å². The standard InChI is InChI=1S/C25H30ClN5O3S/c1-15(2)18-13-22(34-5)21(12-17(18)10-11-27)30-25-28-14-19(26)24(31-25)29-20-8-6-7-9-23(20)35(32,33)16(3)4/h6-9,12-14,16H,1,10-11,27H2,2-5H3,(H2,28,29,30,31). The first-order chi connectivity index (χ1) is 16.6. The smallest absolute Gasteiger partial charge is 0.229 e. The first kappa shape index (κ1) is 26.5. The van der Waals surface area contributed by atoms with Crippen molar-refractivity contribution in [2.45, 2.75) is 37.3 Å². The average molecular weight is 516 g/mol. The highest BCUT2D eigenvalue weighted by atomic mass is 35.5. The topological polar surface area (TPSA) is 119 Å². The van der Waals surface area contributed by atoms with Crippen molar-refractivity contribution in [1.29, 1.82) is 0 Å². The molecule has 0 bridgehead atoms. The first-order valence-electron chi connectivity index (χ1n) is 11.0. The molecule has 0 aliphatic rings. The van der Waals surface area contributed by atoms with E-state index < -0.39 is 15.1 Å². The van der Waals surface area contributed by atoms with Gasteiger partial charge < -0.3 is 21.1 Å². The Morgan fingerprint density at radius 2 is 1.91 bits per heavy atom. The van der Waals surface area contributed by atoms with Gasteiger partial charge in [0.1, 0.15) is 10.8 Å². The zero-order chi connectivity index (χ0) is 25.8. The van der Waals surface area contributed by atoms with Crippen molar-refractivity contribution in [3.05, 3.63) is 65.3 Å². The predicted molar refractivity (Wildman–Crippen MR) is 143 cm³/mol. The fourth-order valence-electron chi connectivity index (χ4n) is 3.49. The van der Waals surface area contributed by atoms with Gasteiger partial charge in [-0.15, -0.1) is 0 Å². The first-order valence-corrected chi connectivity index (χ1v) is 13.0. The quantitative estimate of drug-likeness (QED) is 0.331. The number of anilines is 4. The molecule has 0 amide bonds. The lowest BCUT2D eigenvalue weighted by Gasteiger charge is -2.17. The Morgan fingerprint density at radius 1 is 1.20 bits per heavy atom. The summed E-state index contributed by atoms with van der Waals surface area (Å²) >= 11 is 6.35. The molecular weight excluding hydrogens is 486 g/mol. The van der Waals surface area contributed by atoms with Gasteiger partial charge in [-0.1, -0.05) is 35.9 Å². The van der Waals surface area contributed by atoms with Gasteiger partial charge in [0, 0.05) is 0 Å². The van der Waals surface area contributed by atoms with Crippen LogP contribution >= 0.6 is 11.6 Å². The highest BCUT2D eigenvalue weighted by Gasteiger charge is 2.23. The largest absolute Gasteiger partial charge is 0.495 e. The van der Waals surface area contributed by atoms with Crippen LogP contribution in [0.4, 0.5) is 23.1 Å². The lowest BCUT2D eigenvalue weighted by Crippen LogP contribution is -2.15. The number of para-hydroxylation sites is 1. The summed E-state index contributed by atoms with van der Waals surface area (Å²) in [5.74, 6) is 1.10. The molecule has 186 valence electrons. The van der Waals surface area contributed by atoms with E-state index in [2.05, 4.69) is 27.2 Å². The number of nitrogens with one attached hydrogen (secondary N) is 2. The number of hydrogen-bond acceptors (Lipinski definition) is 8. The van der Waals surface area contributed by atoms with E-state index in [9.17, 15) is 8.42 Å². The molecular formula is C25H30ClN5O3S. The van der Waals surface area contributed by atoms with E-state index in [1.54, 1.807) is 45.2 Å². The number of hydrogen-bond donors (Lipinski definition) is 3. The van der Waals surface area contributed by atoms with Gasteiger partial charge in [0.05, 0.1) is 34.8 Å². The van der Waals surface area contributed by atoms with E-state index >= 15 is 0 Å². The second kappa shape index (κ2) is 11.1. The highest BCUT2D eigenvalue weighted by molar-refractivity contribution is 7.92. The van der Waals surface area contributed by atoms with Crippen molar-refractivity contribution in [2.24, 2.45) is 5.73 Å². The van der Waals surface area contributed by atoms with Gasteiger partial charge in [0.15, 0.2) is 15.7 Å². The predicted octanol–water partition coefficient (Wildman–Crippen LogP) is 5.34. The third-order valence-corrected chi connectivity index (χ3v) is 7.84. The van der Waals surface area contributed by atoms with E-state index in [4.69, 9.17) is 22.1 Å². The van der Waals surface area contributed by atoms with E-state index in [1.807, 2.05) is 19.1 Å². The number of allylic oxidation sites excluding steroid dienone is 1. The van der Waals surface area contributed by atoms with Gasteiger partial charge >= 0.3 is 0 Å². The van der Waals surface area contributed by atoms with Gasteiger partial charge in [0.2, 0.25) is 5.95 Å². The molecule has 1 heterocycles. The Balaban J connectivity index is 1.99. The van der Waals surface area contributed by atoms with Gasteiger partial charge in [-0.3, -0.25) is 0 Å². The minimum absolute atomic E-state index is 0.169. The van der Waals surface area contributed by atoms with Crippen LogP contribution in [-0.4, -0.2) is 37.3 Å². The van der Waals surface area contributed by atoms with Crippen LogP contribution in [0.2, 0.25) is 5.02 Å². The maximum absolute atomic E-state index is 12.8. The number of aromatic nitrogens is 2.